The van der Waals surface area contributed by atoms with Crippen molar-refractivity contribution in [1.29, 1.82) is 0 Å². The minimum atomic E-state index is 0.369. The van der Waals surface area contributed by atoms with Crippen molar-refractivity contribution >= 4 is 11.6 Å². The Morgan fingerprint density at radius 1 is 1.07 bits per heavy atom. The second-order valence-electron chi connectivity index (χ2n) is 7.14. The third-order valence-electron chi connectivity index (χ3n) is 5.17. The van der Waals surface area contributed by atoms with E-state index in [-0.39, 0.29) is 0 Å². The quantitative estimate of drug-likeness (QED) is 0.443. The summed E-state index contributed by atoms with van der Waals surface area (Å²) < 4.78 is 2.15. The van der Waals surface area contributed by atoms with Crippen molar-refractivity contribution in [2.24, 2.45) is 5.73 Å². The molecule has 8 heteroatoms. The molecule has 4 rings (SSSR count). The van der Waals surface area contributed by atoms with Gasteiger partial charge in [0.1, 0.15) is 5.82 Å². The Morgan fingerprint density at radius 3 is 2.50 bits per heavy atom. The lowest BCUT2D eigenvalue weighted by molar-refractivity contribution is 0.655. The van der Waals surface area contributed by atoms with Crippen LogP contribution in [0.25, 0.3) is 22.5 Å². The molecule has 0 unspecified atom stereocenters. The molecule has 0 aliphatic heterocycles. The molecule has 0 bridgehead atoms. The van der Waals surface area contributed by atoms with Crippen molar-refractivity contribution in [2.45, 2.75) is 39.3 Å². The SMILES string of the molecule is CCCCc1nc(Cl)c(CN)n1Cc1ccc(-c2ccccc2-c2nn[nH]n2)cc1. The van der Waals surface area contributed by atoms with Gasteiger partial charge in [0.05, 0.1) is 5.69 Å². The van der Waals surface area contributed by atoms with Crippen LogP contribution in [0.4, 0.5) is 0 Å². The fourth-order valence-corrected chi connectivity index (χ4v) is 3.87. The van der Waals surface area contributed by atoms with Crippen LogP contribution in [0.1, 0.15) is 36.8 Å². The van der Waals surface area contributed by atoms with E-state index in [1.54, 1.807) is 0 Å². The van der Waals surface area contributed by atoms with Gasteiger partial charge in [0, 0.05) is 25.1 Å². The molecule has 0 atom stereocenters. The summed E-state index contributed by atoms with van der Waals surface area (Å²) in [6.45, 7) is 3.23. The highest BCUT2D eigenvalue weighted by Gasteiger charge is 2.15. The molecule has 2 aromatic heterocycles. The summed E-state index contributed by atoms with van der Waals surface area (Å²) >= 11 is 6.34. The van der Waals surface area contributed by atoms with Gasteiger partial charge in [0.2, 0.25) is 5.82 Å². The molecule has 2 heterocycles. The first-order valence-electron chi connectivity index (χ1n) is 10.1. The van der Waals surface area contributed by atoms with Gasteiger partial charge in [-0.25, -0.2) is 4.98 Å². The van der Waals surface area contributed by atoms with Crippen LogP contribution in [0.2, 0.25) is 5.15 Å². The van der Waals surface area contributed by atoms with Crippen molar-refractivity contribution in [3.05, 3.63) is 70.8 Å². The summed E-state index contributed by atoms with van der Waals surface area (Å²) in [5, 5.41) is 14.9. The van der Waals surface area contributed by atoms with E-state index in [9.17, 15) is 0 Å². The lowest BCUT2D eigenvalue weighted by Gasteiger charge is -2.12. The van der Waals surface area contributed by atoms with E-state index < -0.39 is 0 Å². The summed E-state index contributed by atoms with van der Waals surface area (Å²) in [7, 11) is 0. The molecule has 4 aromatic rings. The number of benzene rings is 2. The van der Waals surface area contributed by atoms with Crippen LogP contribution < -0.4 is 5.73 Å². The van der Waals surface area contributed by atoms with E-state index in [4.69, 9.17) is 17.3 Å². The number of imidazole rings is 1. The van der Waals surface area contributed by atoms with Crippen LogP contribution in [0.15, 0.2) is 48.5 Å². The van der Waals surface area contributed by atoms with E-state index in [1.807, 2.05) is 18.2 Å². The zero-order valence-electron chi connectivity index (χ0n) is 16.8. The van der Waals surface area contributed by atoms with Crippen LogP contribution in [-0.2, 0) is 19.5 Å². The maximum Gasteiger partial charge on any atom is 0.205 e. The second-order valence-corrected chi connectivity index (χ2v) is 7.50. The number of hydrogen-bond acceptors (Lipinski definition) is 5. The topological polar surface area (TPSA) is 98.3 Å². The van der Waals surface area contributed by atoms with Gasteiger partial charge in [-0.1, -0.05) is 73.5 Å². The first kappa shape index (κ1) is 20.3. The summed E-state index contributed by atoms with van der Waals surface area (Å²) in [5.74, 6) is 1.57. The molecule has 0 fully saturated rings. The van der Waals surface area contributed by atoms with Gasteiger partial charge >= 0.3 is 0 Å². The predicted molar refractivity (Wildman–Crippen MR) is 118 cm³/mol. The smallest absolute Gasteiger partial charge is 0.205 e. The van der Waals surface area contributed by atoms with Crippen LogP contribution >= 0.6 is 11.6 Å². The Hall–Kier alpha value is -3.03. The fraction of sp³-hybridized carbons (Fsp3) is 0.273. The Balaban J connectivity index is 1.62. The number of nitrogens with zero attached hydrogens (tertiary/aromatic N) is 5. The normalized spacial score (nSPS) is 11.2. The number of unbranched alkanes of at least 4 members (excludes halogenated alkanes) is 1. The number of aryl methyl sites for hydroxylation is 1. The highest BCUT2D eigenvalue weighted by Crippen LogP contribution is 2.30. The first-order chi connectivity index (χ1) is 14.7. The highest BCUT2D eigenvalue weighted by atomic mass is 35.5. The largest absolute Gasteiger partial charge is 0.325 e. The summed E-state index contributed by atoms with van der Waals surface area (Å²) in [6.07, 6.45) is 3.08. The number of nitrogens with two attached hydrogens (primary N) is 1. The third kappa shape index (κ3) is 4.13. The Labute approximate surface area is 180 Å². The van der Waals surface area contributed by atoms with Gasteiger partial charge in [-0.2, -0.15) is 5.21 Å². The molecular weight excluding hydrogens is 398 g/mol. The Kier molecular flexibility index (Phi) is 6.21. The number of nitrogens with one attached hydrogen (secondary N) is 1. The van der Waals surface area contributed by atoms with Crippen molar-refractivity contribution in [3.8, 4) is 22.5 Å². The van der Waals surface area contributed by atoms with Crippen LogP contribution in [0, 0.1) is 0 Å². The average Bonchev–Trinajstić information content (AvgIpc) is 3.41. The van der Waals surface area contributed by atoms with Crippen molar-refractivity contribution < 1.29 is 0 Å². The number of hydrogen-bond donors (Lipinski definition) is 2. The van der Waals surface area contributed by atoms with E-state index in [2.05, 4.69) is 67.4 Å². The number of H-pyrrole nitrogens is 1. The predicted octanol–water partition coefficient (Wildman–Crippen LogP) is 4.23. The van der Waals surface area contributed by atoms with Gasteiger partial charge in [-0.05, 0) is 28.3 Å². The summed E-state index contributed by atoms with van der Waals surface area (Å²) in [4.78, 5) is 4.55. The number of rotatable bonds is 8. The van der Waals surface area contributed by atoms with Gasteiger partial charge in [-0.15, -0.1) is 10.2 Å². The molecule has 3 N–H and O–H groups in total. The first-order valence-corrected chi connectivity index (χ1v) is 10.4. The lowest BCUT2D eigenvalue weighted by atomic mass is 9.98. The Morgan fingerprint density at radius 2 is 1.83 bits per heavy atom. The van der Waals surface area contributed by atoms with E-state index in [0.29, 0.717) is 24.1 Å². The minimum absolute atomic E-state index is 0.369. The van der Waals surface area contributed by atoms with E-state index in [0.717, 1.165) is 53.0 Å². The summed E-state index contributed by atoms with van der Waals surface area (Å²) in [5.41, 5.74) is 11.1. The molecule has 0 saturated carbocycles. The molecule has 0 radical (unpaired) electrons. The standard InChI is InChI=1S/C22H24ClN7/c1-2-3-8-20-25-21(23)19(13-24)30(20)14-15-9-11-16(12-10-15)17-6-4-5-7-18(17)22-26-28-29-27-22/h4-7,9-12H,2-3,8,13-14,24H2,1H3,(H,26,27,28,29). The van der Waals surface area contributed by atoms with Crippen molar-refractivity contribution in [2.75, 3.05) is 0 Å². The molecule has 0 amide bonds. The minimum Gasteiger partial charge on any atom is -0.325 e. The molecule has 0 saturated heterocycles. The molecule has 7 nitrogen and oxygen atoms in total. The average molecular weight is 422 g/mol. The Bertz CT molecular complexity index is 1100. The molecule has 0 spiro atoms. The number of aromatic amines is 1. The maximum atomic E-state index is 6.34. The highest BCUT2D eigenvalue weighted by molar-refractivity contribution is 6.30. The molecule has 30 heavy (non-hydrogen) atoms. The molecule has 0 aliphatic carbocycles. The molecule has 154 valence electrons. The number of aromatic nitrogens is 6. The van der Waals surface area contributed by atoms with E-state index in [1.165, 1.54) is 0 Å². The molecule has 2 aromatic carbocycles. The lowest BCUT2D eigenvalue weighted by Crippen LogP contribution is -2.12. The number of tetrazole rings is 1. The third-order valence-corrected chi connectivity index (χ3v) is 5.47. The second kappa shape index (κ2) is 9.19. The van der Waals surface area contributed by atoms with Crippen LogP contribution in [0.5, 0.6) is 0 Å². The van der Waals surface area contributed by atoms with Gasteiger partial charge in [-0.3, -0.25) is 0 Å². The van der Waals surface area contributed by atoms with E-state index >= 15 is 0 Å². The van der Waals surface area contributed by atoms with Crippen LogP contribution in [0.3, 0.4) is 0 Å². The zero-order chi connectivity index (χ0) is 20.9. The van der Waals surface area contributed by atoms with Gasteiger partial charge < -0.3 is 10.3 Å². The molecular formula is C22H24ClN7. The monoisotopic (exact) mass is 421 g/mol. The molecule has 0 aliphatic rings. The number of halogens is 1. The summed E-state index contributed by atoms with van der Waals surface area (Å²) in [6, 6.07) is 16.5. The van der Waals surface area contributed by atoms with Gasteiger partial charge in [0.25, 0.3) is 0 Å². The van der Waals surface area contributed by atoms with Gasteiger partial charge in [0.15, 0.2) is 5.15 Å². The van der Waals surface area contributed by atoms with Crippen LogP contribution in [-0.4, -0.2) is 30.2 Å². The maximum absolute atomic E-state index is 6.34. The fourth-order valence-electron chi connectivity index (χ4n) is 3.59. The zero-order valence-corrected chi connectivity index (χ0v) is 17.6. The van der Waals surface area contributed by atoms with Crippen molar-refractivity contribution in [3.63, 3.8) is 0 Å². The van der Waals surface area contributed by atoms with Crippen molar-refractivity contribution in [1.82, 2.24) is 30.2 Å².